The first-order valence-corrected chi connectivity index (χ1v) is 6.54. The lowest BCUT2D eigenvalue weighted by Gasteiger charge is -2.25. The Labute approximate surface area is 107 Å². The summed E-state index contributed by atoms with van der Waals surface area (Å²) in [7, 11) is 0. The predicted octanol–water partition coefficient (Wildman–Crippen LogP) is 4.42. The quantitative estimate of drug-likeness (QED) is 0.846. The van der Waals surface area contributed by atoms with E-state index in [0.29, 0.717) is 15.6 Å². The molecule has 1 aliphatic rings. The van der Waals surface area contributed by atoms with Gasteiger partial charge in [-0.05, 0) is 37.5 Å². The van der Waals surface area contributed by atoms with Gasteiger partial charge in [0, 0.05) is 12.1 Å². The van der Waals surface area contributed by atoms with Crippen LogP contribution >= 0.6 is 23.2 Å². The van der Waals surface area contributed by atoms with E-state index >= 15 is 0 Å². The molecule has 0 heterocycles. The lowest BCUT2D eigenvalue weighted by Crippen LogP contribution is -2.38. The molecule has 0 unspecified atom stereocenters. The van der Waals surface area contributed by atoms with Gasteiger partial charge in [-0.25, -0.2) is 0 Å². The highest BCUT2D eigenvalue weighted by atomic mass is 35.5. The Bertz CT molecular complexity index is 370. The molecule has 0 saturated heterocycles. The summed E-state index contributed by atoms with van der Waals surface area (Å²) in [5, 5.41) is 4.88. The molecule has 2 rings (SSSR count). The minimum Gasteiger partial charge on any atom is -0.307 e. The van der Waals surface area contributed by atoms with E-state index in [2.05, 4.69) is 12.2 Å². The summed E-state index contributed by atoms with van der Waals surface area (Å²) >= 11 is 11.9. The fraction of sp³-hybridized carbons (Fsp3) is 0.538. The molecule has 0 bridgehead atoms. The van der Waals surface area contributed by atoms with E-state index in [1.165, 1.54) is 31.2 Å². The average Bonchev–Trinajstić information content (AvgIpc) is 2.68. The maximum absolute atomic E-state index is 5.98. The molecule has 0 spiro atoms. The Morgan fingerprint density at radius 1 is 1.19 bits per heavy atom. The number of halogens is 2. The Balaban J connectivity index is 1.96. The van der Waals surface area contributed by atoms with Gasteiger partial charge in [-0.15, -0.1) is 0 Å². The Hall–Kier alpha value is -0.240. The van der Waals surface area contributed by atoms with Crippen LogP contribution < -0.4 is 5.32 Å². The zero-order chi connectivity index (χ0) is 11.6. The summed E-state index contributed by atoms with van der Waals surface area (Å²) in [4.78, 5) is 0. The summed E-state index contributed by atoms with van der Waals surface area (Å²) in [5.74, 6) is 0. The van der Waals surface area contributed by atoms with Crippen molar-refractivity contribution in [2.24, 2.45) is 0 Å². The summed E-state index contributed by atoms with van der Waals surface area (Å²) in [6, 6.07) is 5.83. The zero-order valence-electron chi connectivity index (χ0n) is 9.52. The molecule has 0 amide bonds. The van der Waals surface area contributed by atoms with Crippen molar-refractivity contribution in [3.8, 4) is 0 Å². The maximum atomic E-state index is 5.98. The molecule has 3 heteroatoms. The van der Waals surface area contributed by atoms with Gasteiger partial charge in [0.1, 0.15) is 0 Å². The van der Waals surface area contributed by atoms with Crippen molar-refractivity contribution >= 4 is 23.2 Å². The van der Waals surface area contributed by atoms with Gasteiger partial charge >= 0.3 is 0 Å². The summed E-state index contributed by atoms with van der Waals surface area (Å²) in [6.45, 7) is 3.17. The molecule has 1 saturated carbocycles. The van der Waals surface area contributed by atoms with Gasteiger partial charge in [-0.2, -0.15) is 0 Å². The zero-order valence-corrected chi connectivity index (χ0v) is 11.0. The molecule has 1 aliphatic carbocycles. The van der Waals surface area contributed by atoms with Crippen molar-refractivity contribution in [1.82, 2.24) is 5.32 Å². The molecule has 1 N–H and O–H groups in total. The topological polar surface area (TPSA) is 12.0 Å². The largest absolute Gasteiger partial charge is 0.307 e. The number of rotatable bonds is 3. The minimum atomic E-state index is 0.312. The van der Waals surface area contributed by atoms with E-state index in [0.717, 1.165) is 6.54 Å². The highest BCUT2D eigenvalue weighted by Gasteiger charge is 2.27. The molecular formula is C13H17Cl2N. The monoisotopic (exact) mass is 257 g/mol. The third kappa shape index (κ3) is 2.91. The van der Waals surface area contributed by atoms with Crippen LogP contribution in [-0.2, 0) is 6.54 Å². The van der Waals surface area contributed by atoms with Crippen molar-refractivity contribution in [3.63, 3.8) is 0 Å². The molecule has 1 nitrogen and oxygen atoms in total. The summed E-state index contributed by atoms with van der Waals surface area (Å²) in [6.07, 6.45) is 5.22. The second kappa shape index (κ2) is 4.95. The van der Waals surface area contributed by atoms with Crippen LogP contribution in [0.4, 0.5) is 0 Å². The molecule has 0 aliphatic heterocycles. The first-order valence-electron chi connectivity index (χ1n) is 5.78. The van der Waals surface area contributed by atoms with E-state index < -0.39 is 0 Å². The normalized spacial score (nSPS) is 18.9. The van der Waals surface area contributed by atoms with Gasteiger partial charge in [0.25, 0.3) is 0 Å². The highest BCUT2D eigenvalue weighted by Crippen LogP contribution is 2.29. The fourth-order valence-electron chi connectivity index (χ4n) is 2.30. The number of benzene rings is 1. The molecule has 1 aromatic carbocycles. The molecule has 1 fully saturated rings. The first-order chi connectivity index (χ1) is 7.59. The van der Waals surface area contributed by atoms with Crippen molar-refractivity contribution < 1.29 is 0 Å². The van der Waals surface area contributed by atoms with Crippen molar-refractivity contribution in [3.05, 3.63) is 33.8 Å². The van der Waals surface area contributed by atoms with Crippen LogP contribution in [0.25, 0.3) is 0 Å². The fourth-order valence-corrected chi connectivity index (χ4v) is 2.62. The van der Waals surface area contributed by atoms with Crippen molar-refractivity contribution in [2.45, 2.75) is 44.7 Å². The third-order valence-electron chi connectivity index (χ3n) is 3.41. The Morgan fingerprint density at radius 3 is 2.50 bits per heavy atom. The minimum absolute atomic E-state index is 0.312. The van der Waals surface area contributed by atoms with E-state index in [-0.39, 0.29) is 0 Å². The average molecular weight is 258 g/mol. The smallest absolute Gasteiger partial charge is 0.0595 e. The SMILES string of the molecule is CC1(NCc2ccc(Cl)c(Cl)c2)CCCC1. The summed E-state index contributed by atoms with van der Waals surface area (Å²) < 4.78 is 0. The van der Waals surface area contributed by atoms with E-state index in [1.54, 1.807) is 0 Å². The number of hydrogen-bond donors (Lipinski definition) is 1. The van der Waals surface area contributed by atoms with Crippen LogP contribution in [0.3, 0.4) is 0 Å². The lowest BCUT2D eigenvalue weighted by molar-refractivity contribution is 0.363. The Kier molecular flexibility index (Phi) is 3.78. The Morgan fingerprint density at radius 2 is 1.88 bits per heavy atom. The van der Waals surface area contributed by atoms with Gasteiger partial charge < -0.3 is 5.32 Å². The van der Waals surface area contributed by atoms with Crippen LogP contribution in [0.15, 0.2) is 18.2 Å². The van der Waals surface area contributed by atoms with E-state index in [4.69, 9.17) is 23.2 Å². The third-order valence-corrected chi connectivity index (χ3v) is 4.15. The van der Waals surface area contributed by atoms with Crippen LogP contribution in [0.2, 0.25) is 10.0 Å². The molecule has 1 aromatic rings. The van der Waals surface area contributed by atoms with Crippen LogP contribution in [-0.4, -0.2) is 5.54 Å². The van der Waals surface area contributed by atoms with E-state index in [9.17, 15) is 0 Å². The van der Waals surface area contributed by atoms with Crippen LogP contribution in [0.1, 0.15) is 38.2 Å². The molecule has 16 heavy (non-hydrogen) atoms. The molecule has 0 atom stereocenters. The lowest BCUT2D eigenvalue weighted by atomic mass is 10.0. The number of hydrogen-bond acceptors (Lipinski definition) is 1. The second-order valence-corrected chi connectivity index (χ2v) is 5.68. The molecular weight excluding hydrogens is 241 g/mol. The second-order valence-electron chi connectivity index (χ2n) is 4.87. The molecule has 0 aromatic heterocycles. The van der Waals surface area contributed by atoms with Crippen molar-refractivity contribution in [1.29, 1.82) is 0 Å². The first kappa shape index (κ1) is 12.2. The van der Waals surface area contributed by atoms with E-state index in [1.807, 2.05) is 18.2 Å². The van der Waals surface area contributed by atoms with Gasteiger partial charge in [-0.3, -0.25) is 0 Å². The number of nitrogens with one attached hydrogen (secondary N) is 1. The van der Waals surface area contributed by atoms with Crippen molar-refractivity contribution in [2.75, 3.05) is 0 Å². The summed E-state index contributed by atoms with van der Waals surface area (Å²) in [5.41, 5.74) is 1.51. The van der Waals surface area contributed by atoms with Crippen LogP contribution in [0, 0.1) is 0 Å². The van der Waals surface area contributed by atoms with Gasteiger partial charge in [0.2, 0.25) is 0 Å². The molecule has 0 radical (unpaired) electrons. The van der Waals surface area contributed by atoms with Gasteiger partial charge in [0.05, 0.1) is 10.0 Å². The predicted molar refractivity (Wildman–Crippen MR) is 70.2 cm³/mol. The highest BCUT2D eigenvalue weighted by molar-refractivity contribution is 6.42. The van der Waals surface area contributed by atoms with Gasteiger partial charge in [0.15, 0.2) is 0 Å². The van der Waals surface area contributed by atoms with Crippen LogP contribution in [0.5, 0.6) is 0 Å². The van der Waals surface area contributed by atoms with Gasteiger partial charge in [-0.1, -0.05) is 42.1 Å². The molecule has 88 valence electrons. The standard InChI is InChI=1S/C13H17Cl2N/c1-13(6-2-3-7-13)16-9-10-4-5-11(14)12(15)8-10/h4-5,8,16H,2-3,6-7,9H2,1H3. The maximum Gasteiger partial charge on any atom is 0.0595 e.